The lowest BCUT2D eigenvalue weighted by Crippen LogP contribution is -2.33. The maximum Gasteiger partial charge on any atom is 0.219 e. The molecule has 2 rings (SSSR count). The van der Waals surface area contributed by atoms with E-state index in [-0.39, 0.29) is 12.5 Å². The molecule has 1 N–H and O–H groups in total. The van der Waals surface area contributed by atoms with Crippen molar-refractivity contribution in [1.29, 1.82) is 0 Å². The van der Waals surface area contributed by atoms with Gasteiger partial charge in [-0.3, -0.25) is 9.69 Å². The number of carbonyl (C=O) groups is 1. The second-order valence-corrected chi connectivity index (χ2v) is 5.11. The molecule has 1 saturated heterocycles. The van der Waals surface area contributed by atoms with Crippen LogP contribution in [0.1, 0.15) is 24.5 Å². The fourth-order valence-electron chi connectivity index (χ4n) is 2.45. The number of benzene rings is 1. The number of aliphatic hydroxyl groups is 1. The van der Waals surface area contributed by atoms with Crippen molar-refractivity contribution in [2.24, 2.45) is 0 Å². The molecule has 0 atom stereocenters. The normalized spacial score (nSPS) is 17.3. The third-order valence-electron chi connectivity index (χ3n) is 3.65. The number of amides is 1. The molecule has 0 unspecified atom stereocenters. The third kappa shape index (κ3) is 4.04. The van der Waals surface area contributed by atoms with Crippen molar-refractivity contribution in [3.63, 3.8) is 0 Å². The molecule has 1 aliphatic rings. The lowest BCUT2D eigenvalue weighted by atomic mass is 10.1. The summed E-state index contributed by atoms with van der Waals surface area (Å²) in [5, 5.41) is 9.02. The Bertz CT molecular complexity index is 417. The second-order valence-electron chi connectivity index (χ2n) is 5.11. The highest BCUT2D eigenvalue weighted by Crippen LogP contribution is 2.10. The SMILES string of the molecule is CC(=O)N1CCCN(Cc2ccc(CO)cc2)CC1. The Morgan fingerprint density at radius 2 is 1.79 bits per heavy atom. The van der Waals surface area contributed by atoms with Crippen molar-refractivity contribution in [2.75, 3.05) is 26.2 Å². The van der Waals surface area contributed by atoms with E-state index in [1.807, 2.05) is 17.0 Å². The van der Waals surface area contributed by atoms with Crippen LogP contribution in [-0.2, 0) is 17.9 Å². The zero-order valence-corrected chi connectivity index (χ0v) is 11.5. The van der Waals surface area contributed by atoms with E-state index in [1.165, 1.54) is 5.56 Å². The van der Waals surface area contributed by atoms with Gasteiger partial charge in [-0.2, -0.15) is 0 Å². The van der Waals surface area contributed by atoms with E-state index in [0.717, 1.165) is 44.7 Å². The van der Waals surface area contributed by atoms with Gasteiger partial charge < -0.3 is 10.0 Å². The second kappa shape index (κ2) is 6.68. The van der Waals surface area contributed by atoms with Gasteiger partial charge in [-0.1, -0.05) is 24.3 Å². The fourth-order valence-corrected chi connectivity index (χ4v) is 2.45. The maximum atomic E-state index is 11.4. The van der Waals surface area contributed by atoms with E-state index < -0.39 is 0 Å². The van der Waals surface area contributed by atoms with Gasteiger partial charge in [0.15, 0.2) is 0 Å². The minimum atomic E-state index is 0.0948. The number of carbonyl (C=O) groups excluding carboxylic acids is 1. The van der Waals surface area contributed by atoms with Gasteiger partial charge in [-0.15, -0.1) is 0 Å². The predicted octanol–water partition coefficient (Wildman–Crippen LogP) is 1.23. The van der Waals surface area contributed by atoms with Gasteiger partial charge >= 0.3 is 0 Å². The van der Waals surface area contributed by atoms with Crippen LogP contribution in [0.3, 0.4) is 0 Å². The largest absolute Gasteiger partial charge is 0.392 e. The van der Waals surface area contributed by atoms with Crippen LogP contribution in [0.2, 0.25) is 0 Å². The van der Waals surface area contributed by atoms with Crippen molar-refractivity contribution >= 4 is 5.91 Å². The number of rotatable bonds is 3. The van der Waals surface area contributed by atoms with Gasteiger partial charge in [0.25, 0.3) is 0 Å². The molecule has 0 bridgehead atoms. The standard InChI is InChI=1S/C15H22N2O2/c1-13(19)17-8-2-7-16(9-10-17)11-14-3-5-15(12-18)6-4-14/h3-6,18H,2,7-12H2,1H3. The van der Waals surface area contributed by atoms with Crippen molar-refractivity contribution in [3.05, 3.63) is 35.4 Å². The zero-order chi connectivity index (χ0) is 13.7. The lowest BCUT2D eigenvalue weighted by Gasteiger charge is -2.21. The van der Waals surface area contributed by atoms with Crippen molar-refractivity contribution in [1.82, 2.24) is 9.80 Å². The summed E-state index contributed by atoms with van der Waals surface area (Å²) in [6.45, 7) is 6.31. The topological polar surface area (TPSA) is 43.8 Å². The first-order valence-electron chi connectivity index (χ1n) is 6.85. The van der Waals surface area contributed by atoms with Crippen LogP contribution >= 0.6 is 0 Å². The summed E-state index contributed by atoms with van der Waals surface area (Å²) in [6.07, 6.45) is 1.04. The highest BCUT2D eigenvalue weighted by Gasteiger charge is 2.16. The molecule has 0 spiro atoms. The minimum Gasteiger partial charge on any atom is -0.392 e. The lowest BCUT2D eigenvalue weighted by molar-refractivity contribution is -0.128. The van der Waals surface area contributed by atoms with Crippen molar-refractivity contribution in [2.45, 2.75) is 26.5 Å². The van der Waals surface area contributed by atoms with Crippen LogP contribution in [-0.4, -0.2) is 47.0 Å². The number of hydrogen-bond donors (Lipinski definition) is 1. The van der Waals surface area contributed by atoms with Crippen LogP contribution in [0.4, 0.5) is 0 Å². The van der Waals surface area contributed by atoms with E-state index in [1.54, 1.807) is 6.92 Å². The summed E-state index contributed by atoms with van der Waals surface area (Å²) in [6, 6.07) is 8.07. The Morgan fingerprint density at radius 1 is 1.11 bits per heavy atom. The van der Waals surface area contributed by atoms with E-state index in [4.69, 9.17) is 5.11 Å². The monoisotopic (exact) mass is 262 g/mol. The summed E-state index contributed by atoms with van der Waals surface area (Å²) < 4.78 is 0. The Hall–Kier alpha value is -1.39. The average Bonchev–Trinajstić information content (AvgIpc) is 2.65. The quantitative estimate of drug-likeness (QED) is 0.891. The Morgan fingerprint density at radius 3 is 2.42 bits per heavy atom. The average molecular weight is 262 g/mol. The smallest absolute Gasteiger partial charge is 0.219 e. The third-order valence-corrected chi connectivity index (χ3v) is 3.65. The highest BCUT2D eigenvalue weighted by molar-refractivity contribution is 5.73. The van der Waals surface area contributed by atoms with Gasteiger partial charge in [0.2, 0.25) is 5.91 Å². The van der Waals surface area contributed by atoms with Gasteiger partial charge in [-0.05, 0) is 17.5 Å². The molecule has 19 heavy (non-hydrogen) atoms. The number of aliphatic hydroxyl groups excluding tert-OH is 1. The van der Waals surface area contributed by atoms with E-state index >= 15 is 0 Å². The molecule has 1 aliphatic heterocycles. The van der Waals surface area contributed by atoms with E-state index in [9.17, 15) is 4.79 Å². The first-order chi connectivity index (χ1) is 9.19. The number of nitrogens with zero attached hydrogens (tertiary/aromatic N) is 2. The van der Waals surface area contributed by atoms with Crippen LogP contribution < -0.4 is 0 Å². The molecule has 0 aliphatic carbocycles. The summed E-state index contributed by atoms with van der Waals surface area (Å²) in [5.41, 5.74) is 2.20. The van der Waals surface area contributed by atoms with Crippen molar-refractivity contribution < 1.29 is 9.90 Å². The van der Waals surface area contributed by atoms with Crippen molar-refractivity contribution in [3.8, 4) is 0 Å². The molecular weight excluding hydrogens is 240 g/mol. The molecule has 104 valence electrons. The first kappa shape index (κ1) is 14.0. The molecule has 0 radical (unpaired) electrons. The van der Waals surface area contributed by atoms with E-state index in [2.05, 4.69) is 17.0 Å². The summed E-state index contributed by atoms with van der Waals surface area (Å²) >= 11 is 0. The van der Waals surface area contributed by atoms with Gasteiger partial charge in [-0.25, -0.2) is 0 Å². The van der Waals surface area contributed by atoms with Crippen LogP contribution in [0.5, 0.6) is 0 Å². The molecule has 0 saturated carbocycles. The summed E-state index contributed by atoms with van der Waals surface area (Å²) in [7, 11) is 0. The van der Waals surface area contributed by atoms with Gasteiger partial charge in [0.05, 0.1) is 6.61 Å². The minimum absolute atomic E-state index is 0.0948. The molecule has 1 amide bonds. The number of hydrogen-bond acceptors (Lipinski definition) is 3. The molecule has 0 aromatic heterocycles. The highest BCUT2D eigenvalue weighted by atomic mass is 16.3. The summed E-state index contributed by atoms with van der Waals surface area (Å²) in [4.78, 5) is 15.7. The Balaban J connectivity index is 1.90. The Labute approximate surface area is 114 Å². The molecular formula is C15H22N2O2. The van der Waals surface area contributed by atoms with E-state index in [0.29, 0.717) is 0 Å². The van der Waals surface area contributed by atoms with Crippen LogP contribution in [0.15, 0.2) is 24.3 Å². The summed E-state index contributed by atoms with van der Waals surface area (Å²) in [5.74, 6) is 0.175. The van der Waals surface area contributed by atoms with Crippen LogP contribution in [0, 0.1) is 0 Å². The molecule has 4 nitrogen and oxygen atoms in total. The Kier molecular flexibility index (Phi) is 4.93. The molecule has 1 aromatic carbocycles. The fraction of sp³-hybridized carbons (Fsp3) is 0.533. The van der Waals surface area contributed by atoms with Crippen LogP contribution in [0.25, 0.3) is 0 Å². The predicted molar refractivity (Wildman–Crippen MR) is 74.5 cm³/mol. The maximum absolute atomic E-state index is 11.4. The first-order valence-corrected chi connectivity index (χ1v) is 6.85. The molecule has 1 aromatic rings. The zero-order valence-electron chi connectivity index (χ0n) is 11.5. The molecule has 1 fully saturated rings. The molecule has 1 heterocycles. The molecule has 4 heteroatoms. The van der Waals surface area contributed by atoms with Gasteiger partial charge in [0, 0.05) is 39.6 Å². The van der Waals surface area contributed by atoms with Gasteiger partial charge in [0.1, 0.15) is 0 Å².